The van der Waals surface area contributed by atoms with Crippen molar-refractivity contribution in [1.29, 1.82) is 0 Å². The lowest BCUT2D eigenvalue weighted by Gasteiger charge is -2.18. The van der Waals surface area contributed by atoms with Gasteiger partial charge in [0.05, 0.1) is 28.3 Å². The molecule has 9 nitrogen and oxygen atoms in total. The summed E-state index contributed by atoms with van der Waals surface area (Å²) in [5.74, 6) is 0.317. The first kappa shape index (κ1) is 22.3. The molecule has 0 radical (unpaired) electrons. The van der Waals surface area contributed by atoms with Crippen LogP contribution in [0, 0.1) is 0 Å². The smallest absolute Gasteiger partial charge is 0.249 e. The van der Waals surface area contributed by atoms with Gasteiger partial charge in [0.15, 0.2) is 9.84 Å². The van der Waals surface area contributed by atoms with Gasteiger partial charge < -0.3 is 19.9 Å². The second-order valence-electron chi connectivity index (χ2n) is 6.90. The number of carbonyl (C=O) groups excluding carboxylic acids is 1. The summed E-state index contributed by atoms with van der Waals surface area (Å²) in [5, 5.41) is 6.85. The lowest BCUT2D eigenvalue weighted by Crippen LogP contribution is -2.19. The van der Waals surface area contributed by atoms with Crippen LogP contribution in [0.15, 0.2) is 53.6 Å². The summed E-state index contributed by atoms with van der Waals surface area (Å²) in [6.07, 6.45) is 2.44. The van der Waals surface area contributed by atoms with Crippen molar-refractivity contribution in [2.45, 2.75) is 17.9 Å². The number of rotatable bonds is 9. The zero-order chi connectivity index (χ0) is 22.6. The molecule has 2 aromatic carbocycles. The van der Waals surface area contributed by atoms with E-state index in [1.807, 2.05) is 6.92 Å². The lowest BCUT2D eigenvalue weighted by molar-refractivity contribution is 0.0915. The number of benzene rings is 2. The molecule has 0 aliphatic rings. The predicted molar refractivity (Wildman–Crippen MR) is 114 cm³/mol. The molecule has 0 spiro atoms. The zero-order valence-corrected chi connectivity index (χ0v) is 18.1. The highest BCUT2D eigenvalue weighted by Crippen LogP contribution is 2.39. The molecule has 0 aliphatic carbocycles. The van der Waals surface area contributed by atoms with Crippen LogP contribution in [0.25, 0.3) is 11.3 Å². The number of hydrogen-bond donors (Lipinski definition) is 2. The van der Waals surface area contributed by atoms with E-state index in [-0.39, 0.29) is 22.3 Å². The summed E-state index contributed by atoms with van der Waals surface area (Å²) in [6, 6.07) is 10.7. The van der Waals surface area contributed by atoms with Crippen LogP contribution in [-0.4, -0.2) is 50.6 Å². The van der Waals surface area contributed by atoms with E-state index in [1.165, 1.54) is 30.3 Å². The maximum atomic E-state index is 12.2. The van der Waals surface area contributed by atoms with Gasteiger partial charge in [-0.2, -0.15) is 5.10 Å². The Morgan fingerprint density at radius 2 is 1.87 bits per heavy atom. The number of amides is 1. The molecule has 3 aromatic rings. The van der Waals surface area contributed by atoms with E-state index in [0.29, 0.717) is 29.4 Å². The Labute approximate surface area is 180 Å². The Morgan fingerprint density at radius 1 is 1.16 bits per heavy atom. The molecule has 3 N–H and O–H groups in total. The Kier molecular flexibility index (Phi) is 6.62. The first-order valence-corrected chi connectivity index (χ1v) is 11.2. The van der Waals surface area contributed by atoms with Crippen LogP contribution in [0.1, 0.15) is 17.3 Å². The predicted octanol–water partition coefficient (Wildman–Crippen LogP) is 2.79. The van der Waals surface area contributed by atoms with Gasteiger partial charge in [-0.15, -0.1) is 0 Å². The fourth-order valence-corrected chi connectivity index (χ4v) is 3.61. The number of carbonyl (C=O) groups is 1. The van der Waals surface area contributed by atoms with Crippen molar-refractivity contribution in [2.24, 2.45) is 5.73 Å². The number of nitrogens with one attached hydrogen (secondary N) is 1. The van der Waals surface area contributed by atoms with Crippen molar-refractivity contribution in [2.75, 3.05) is 20.0 Å². The number of hydrogen-bond acceptors (Lipinski definition) is 7. The van der Waals surface area contributed by atoms with Gasteiger partial charge in [-0.1, -0.05) is 0 Å². The normalized spacial score (nSPS) is 12.4. The molecule has 1 unspecified atom stereocenters. The molecule has 10 heteroatoms. The van der Waals surface area contributed by atoms with Crippen LogP contribution in [0.5, 0.6) is 17.2 Å². The zero-order valence-electron chi connectivity index (χ0n) is 17.3. The molecule has 1 amide bonds. The van der Waals surface area contributed by atoms with Gasteiger partial charge in [0.1, 0.15) is 23.4 Å². The summed E-state index contributed by atoms with van der Waals surface area (Å²) in [4.78, 5) is 12.4. The molecular formula is C21H23N3O6S. The summed E-state index contributed by atoms with van der Waals surface area (Å²) >= 11 is 0. The minimum atomic E-state index is -3.34. The number of sulfone groups is 1. The first-order chi connectivity index (χ1) is 14.7. The summed E-state index contributed by atoms with van der Waals surface area (Å²) in [6.45, 7) is 2.16. The monoisotopic (exact) mass is 445 g/mol. The molecule has 0 fully saturated rings. The first-order valence-electron chi connectivity index (χ1n) is 9.30. The van der Waals surface area contributed by atoms with E-state index in [1.54, 1.807) is 25.4 Å². The molecule has 164 valence electrons. The summed E-state index contributed by atoms with van der Waals surface area (Å²) in [7, 11) is -1.78. The third-order valence-electron chi connectivity index (χ3n) is 4.32. The van der Waals surface area contributed by atoms with E-state index < -0.39 is 15.7 Å². The van der Waals surface area contributed by atoms with Crippen molar-refractivity contribution in [3.8, 4) is 28.5 Å². The van der Waals surface area contributed by atoms with Gasteiger partial charge in [0.2, 0.25) is 5.91 Å². The molecule has 0 bridgehead atoms. The Bertz CT molecular complexity index is 1160. The van der Waals surface area contributed by atoms with E-state index in [9.17, 15) is 13.2 Å². The number of nitrogens with two attached hydrogens (primary N) is 1. The van der Waals surface area contributed by atoms with Crippen LogP contribution in [0.3, 0.4) is 0 Å². The Balaban J connectivity index is 2.08. The SMILES string of the molecule is COCC(C)Oc1cc(Oc2ccc(S(C)(=O)=O)cc2)c(-c2cc[nH]n2)c(C(N)=O)c1. The van der Waals surface area contributed by atoms with Crippen LogP contribution in [0.4, 0.5) is 0 Å². The molecule has 0 saturated carbocycles. The van der Waals surface area contributed by atoms with Crippen LogP contribution < -0.4 is 15.2 Å². The maximum Gasteiger partial charge on any atom is 0.249 e. The van der Waals surface area contributed by atoms with Gasteiger partial charge >= 0.3 is 0 Å². The molecular weight excluding hydrogens is 422 g/mol. The lowest BCUT2D eigenvalue weighted by atomic mass is 10.0. The van der Waals surface area contributed by atoms with Gasteiger partial charge in [0.25, 0.3) is 0 Å². The third-order valence-corrected chi connectivity index (χ3v) is 5.44. The van der Waals surface area contributed by atoms with Gasteiger partial charge in [-0.25, -0.2) is 8.42 Å². The summed E-state index contributed by atoms with van der Waals surface area (Å²) in [5.41, 5.74) is 6.63. The quantitative estimate of drug-likeness (QED) is 0.517. The number of nitrogens with zero attached hydrogens (tertiary/aromatic N) is 1. The van der Waals surface area contributed by atoms with Crippen molar-refractivity contribution < 1.29 is 27.4 Å². The molecule has 1 atom stereocenters. The minimum Gasteiger partial charge on any atom is -0.488 e. The van der Waals surface area contributed by atoms with E-state index >= 15 is 0 Å². The van der Waals surface area contributed by atoms with Crippen molar-refractivity contribution >= 4 is 15.7 Å². The number of aromatic nitrogens is 2. The van der Waals surface area contributed by atoms with Crippen molar-refractivity contribution in [1.82, 2.24) is 10.2 Å². The fraction of sp³-hybridized carbons (Fsp3) is 0.238. The van der Waals surface area contributed by atoms with E-state index in [2.05, 4.69) is 10.2 Å². The van der Waals surface area contributed by atoms with E-state index in [4.69, 9.17) is 19.9 Å². The second kappa shape index (κ2) is 9.19. The molecule has 1 heterocycles. The molecule has 31 heavy (non-hydrogen) atoms. The Morgan fingerprint density at radius 3 is 2.42 bits per heavy atom. The average molecular weight is 445 g/mol. The highest BCUT2D eigenvalue weighted by atomic mass is 32.2. The van der Waals surface area contributed by atoms with Crippen LogP contribution in [0.2, 0.25) is 0 Å². The number of ether oxygens (including phenoxy) is 3. The van der Waals surface area contributed by atoms with Crippen molar-refractivity contribution in [3.63, 3.8) is 0 Å². The number of methoxy groups -OCH3 is 1. The Hall–Kier alpha value is -3.37. The van der Waals surface area contributed by atoms with Crippen LogP contribution in [-0.2, 0) is 14.6 Å². The molecule has 0 aliphatic heterocycles. The minimum absolute atomic E-state index is 0.163. The number of aromatic amines is 1. The van der Waals surface area contributed by atoms with E-state index in [0.717, 1.165) is 6.26 Å². The summed E-state index contributed by atoms with van der Waals surface area (Å²) < 4.78 is 40.3. The maximum absolute atomic E-state index is 12.2. The number of H-pyrrole nitrogens is 1. The van der Waals surface area contributed by atoms with Gasteiger partial charge in [0, 0.05) is 25.6 Å². The topological polar surface area (TPSA) is 134 Å². The molecule has 1 aromatic heterocycles. The largest absolute Gasteiger partial charge is 0.488 e. The van der Waals surface area contributed by atoms with Crippen LogP contribution >= 0.6 is 0 Å². The number of primary amides is 1. The van der Waals surface area contributed by atoms with Gasteiger partial charge in [-0.3, -0.25) is 9.89 Å². The second-order valence-corrected chi connectivity index (χ2v) is 8.91. The average Bonchev–Trinajstić information content (AvgIpc) is 3.22. The molecule has 3 rings (SSSR count). The highest BCUT2D eigenvalue weighted by Gasteiger charge is 2.21. The standard InChI is InChI=1S/C21H23N3O6S/c1-13(12-28-2)29-15-10-17(21(22)25)20(18-8-9-23-24-18)19(11-15)30-14-4-6-16(7-5-14)31(3,26)27/h4-11,13H,12H2,1-3H3,(H2,22,25)(H,23,24). The van der Waals surface area contributed by atoms with Gasteiger partial charge in [-0.05, 0) is 43.3 Å². The van der Waals surface area contributed by atoms with Crippen molar-refractivity contribution in [3.05, 3.63) is 54.2 Å². The molecule has 0 saturated heterocycles. The fourth-order valence-electron chi connectivity index (χ4n) is 2.98. The third kappa shape index (κ3) is 5.41. The highest BCUT2D eigenvalue weighted by molar-refractivity contribution is 7.90.